The van der Waals surface area contributed by atoms with Crippen molar-refractivity contribution in [1.29, 1.82) is 0 Å². The highest BCUT2D eigenvalue weighted by Crippen LogP contribution is 2.21. The van der Waals surface area contributed by atoms with Crippen molar-refractivity contribution in [3.63, 3.8) is 0 Å². The maximum absolute atomic E-state index is 5.14. The fraction of sp³-hybridized carbons (Fsp3) is 0.412. The molecule has 0 saturated carbocycles. The second-order valence-electron chi connectivity index (χ2n) is 5.61. The number of benzene rings is 1. The highest BCUT2D eigenvalue weighted by Gasteiger charge is 2.12. The van der Waals surface area contributed by atoms with Crippen LogP contribution in [0, 0.1) is 0 Å². The molecule has 3 rings (SSSR count). The molecule has 106 valence electrons. The van der Waals surface area contributed by atoms with Gasteiger partial charge in [-0.1, -0.05) is 12.1 Å². The molecule has 2 aromatic rings. The van der Waals surface area contributed by atoms with Gasteiger partial charge in [0.05, 0.1) is 18.6 Å². The molecule has 1 aromatic carbocycles. The maximum Gasteiger partial charge on any atom is 0.0955 e. The lowest BCUT2D eigenvalue weighted by molar-refractivity contribution is 0.331. The molecule has 2 heterocycles. The molecule has 0 amide bonds. The molecule has 1 aromatic heterocycles. The van der Waals surface area contributed by atoms with Crippen molar-refractivity contribution in [2.45, 2.75) is 32.4 Å². The standard InChI is InChI=1S/C17H22N2O/c1-14(16-7-10-20-13-16)18-17-6-4-5-15(11-17)12-19-8-2-3-9-19/h4-7,10-11,13-14,18H,2-3,8-9,12H2,1H3. The molecule has 3 nitrogen and oxygen atoms in total. The van der Waals surface area contributed by atoms with Crippen LogP contribution < -0.4 is 5.32 Å². The first kappa shape index (κ1) is 13.3. The summed E-state index contributed by atoms with van der Waals surface area (Å²) in [5.41, 5.74) is 3.74. The lowest BCUT2D eigenvalue weighted by Crippen LogP contribution is -2.18. The SMILES string of the molecule is CC(Nc1cccc(CN2CCCC2)c1)c1ccoc1. The Bertz CT molecular complexity index is 530. The summed E-state index contributed by atoms with van der Waals surface area (Å²) < 4.78 is 5.14. The molecule has 0 spiro atoms. The normalized spacial score (nSPS) is 17.2. The van der Waals surface area contributed by atoms with Gasteiger partial charge in [-0.05, 0) is 56.6 Å². The summed E-state index contributed by atoms with van der Waals surface area (Å²) in [4.78, 5) is 2.53. The molecule has 1 aliphatic rings. The van der Waals surface area contributed by atoms with E-state index < -0.39 is 0 Å². The van der Waals surface area contributed by atoms with E-state index in [4.69, 9.17) is 4.42 Å². The molecule has 1 saturated heterocycles. The highest BCUT2D eigenvalue weighted by molar-refractivity contribution is 5.47. The van der Waals surface area contributed by atoms with Crippen LogP contribution in [0.2, 0.25) is 0 Å². The maximum atomic E-state index is 5.14. The first-order chi connectivity index (χ1) is 9.81. The number of rotatable bonds is 5. The Morgan fingerprint density at radius 3 is 2.85 bits per heavy atom. The quantitative estimate of drug-likeness (QED) is 0.888. The van der Waals surface area contributed by atoms with E-state index in [1.54, 1.807) is 12.5 Å². The van der Waals surface area contributed by atoms with Crippen molar-refractivity contribution >= 4 is 5.69 Å². The van der Waals surface area contributed by atoms with Crippen LogP contribution in [0.15, 0.2) is 47.3 Å². The van der Waals surface area contributed by atoms with Crippen LogP contribution in [0.1, 0.15) is 36.9 Å². The molecule has 0 radical (unpaired) electrons. The lowest BCUT2D eigenvalue weighted by atomic mass is 10.1. The molecule has 1 unspecified atom stereocenters. The van der Waals surface area contributed by atoms with Crippen LogP contribution >= 0.6 is 0 Å². The van der Waals surface area contributed by atoms with E-state index in [9.17, 15) is 0 Å². The Morgan fingerprint density at radius 2 is 2.10 bits per heavy atom. The smallest absolute Gasteiger partial charge is 0.0955 e. The van der Waals surface area contributed by atoms with Crippen LogP contribution in [0.4, 0.5) is 5.69 Å². The molecule has 20 heavy (non-hydrogen) atoms. The fourth-order valence-electron chi connectivity index (χ4n) is 2.81. The van der Waals surface area contributed by atoms with Gasteiger partial charge in [0, 0.05) is 17.8 Å². The molecule has 0 aliphatic carbocycles. The molecule has 1 fully saturated rings. The van der Waals surface area contributed by atoms with Crippen molar-refractivity contribution in [2.24, 2.45) is 0 Å². The predicted octanol–water partition coefficient (Wildman–Crippen LogP) is 4.05. The van der Waals surface area contributed by atoms with Gasteiger partial charge in [0.15, 0.2) is 0 Å². The van der Waals surface area contributed by atoms with Crippen LogP contribution in [0.3, 0.4) is 0 Å². The fourth-order valence-corrected chi connectivity index (χ4v) is 2.81. The lowest BCUT2D eigenvalue weighted by Gasteiger charge is -2.17. The molecule has 1 aliphatic heterocycles. The second kappa shape index (κ2) is 6.14. The van der Waals surface area contributed by atoms with Gasteiger partial charge in [0.1, 0.15) is 0 Å². The first-order valence-electron chi connectivity index (χ1n) is 7.41. The molecule has 1 N–H and O–H groups in total. The van der Waals surface area contributed by atoms with E-state index in [1.807, 2.05) is 6.07 Å². The number of anilines is 1. The largest absolute Gasteiger partial charge is 0.472 e. The van der Waals surface area contributed by atoms with Crippen LogP contribution in [0.5, 0.6) is 0 Å². The van der Waals surface area contributed by atoms with Gasteiger partial charge in [-0.2, -0.15) is 0 Å². The molecular weight excluding hydrogens is 248 g/mol. The Labute approximate surface area is 120 Å². The van der Waals surface area contributed by atoms with Crippen LogP contribution in [-0.4, -0.2) is 18.0 Å². The Morgan fingerprint density at radius 1 is 1.25 bits per heavy atom. The zero-order valence-corrected chi connectivity index (χ0v) is 12.0. The van der Waals surface area contributed by atoms with Gasteiger partial charge in [-0.3, -0.25) is 4.90 Å². The average molecular weight is 270 g/mol. The zero-order chi connectivity index (χ0) is 13.8. The monoisotopic (exact) mass is 270 g/mol. The van der Waals surface area contributed by atoms with Crippen molar-refractivity contribution in [2.75, 3.05) is 18.4 Å². The minimum Gasteiger partial charge on any atom is -0.472 e. The Balaban J connectivity index is 1.64. The van der Waals surface area contributed by atoms with Gasteiger partial charge >= 0.3 is 0 Å². The van der Waals surface area contributed by atoms with Crippen LogP contribution in [-0.2, 0) is 6.54 Å². The van der Waals surface area contributed by atoms with Gasteiger partial charge in [-0.25, -0.2) is 0 Å². The zero-order valence-electron chi connectivity index (χ0n) is 12.0. The predicted molar refractivity (Wildman–Crippen MR) is 81.7 cm³/mol. The summed E-state index contributed by atoms with van der Waals surface area (Å²) in [5.74, 6) is 0. The van der Waals surface area contributed by atoms with E-state index in [1.165, 1.54) is 42.7 Å². The topological polar surface area (TPSA) is 28.4 Å². The minimum atomic E-state index is 0.260. The van der Waals surface area contributed by atoms with E-state index >= 15 is 0 Å². The summed E-state index contributed by atoms with van der Waals surface area (Å²) in [6.07, 6.45) is 6.20. The number of hydrogen-bond donors (Lipinski definition) is 1. The number of furan rings is 1. The van der Waals surface area contributed by atoms with E-state index in [0.29, 0.717) is 0 Å². The van der Waals surface area contributed by atoms with Gasteiger partial charge in [0.2, 0.25) is 0 Å². The third kappa shape index (κ3) is 3.23. The van der Waals surface area contributed by atoms with E-state index in [2.05, 4.69) is 41.4 Å². The second-order valence-corrected chi connectivity index (χ2v) is 5.61. The summed E-state index contributed by atoms with van der Waals surface area (Å²) in [7, 11) is 0. The third-order valence-corrected chi connectivity index (χ3v) is 3.96. The van der Waals surface area contributed by atoms with E-state index in [0.717, 1.165) is 6.54 Å². The molecule has 3 heteroatoms. The van der Waals surface area contributed by atoms with Gasteiger partial charge in [-0.15, -0.1) is 0 Å². The summed E-state index contributed by atoms with van der Waals surface area (Å²) in [5, 5.41) is 3.53. The molecular formula is C17H22N2O. The van der Waals surface area contributed by atoms with Crippen molar-refractivity contribution in [3.05, 3.63) is 54.0 Å². The summed E-state index contributed by atoms with van der Waals surface area (Å²) >= 11 is 0. The van der Waals surface area contributed by atoms with Gasteiger partial charge in [0.25, 0.3) is 0 Å². The number of likely N-dealkylation sites (tertiary alicyclic amines) is 1. The minimum absolute atomic E-state index is 0.260. The van der Waals surface area contributed by atoms with Crippen molar-refractivity contribution in [3.8, 4) is 0 Å². The van der Waals surface area contributed by atoms with Crippen LogP contribution in [0.25, 0.3) is 0 Å². The molecule has 0 bridgehead atoms. The van der Waals surface area contributed by atoms with Gasteiger partial charge < -0.3 is 9.73 Å². The average Bonchev–Trinajstić information content (AvgIpc) is 3.12. The first-order valence-corrected chi connectivity index (χ1v) is 7.41. The summed E-state index contributed by atoms with van der Waals surface area (Å²) in [6.45, 7) is 5.69. The van der Waals surface area contributed by atoms with Crippen molar-refractivity contribution in [1.82, 2.24) is 4.90 Å². The third-order valence-electron chi connectivity index (χ3n) is 3.96. The number of nitrogens with zero attached hydrogens (tertiary/aromatic N) is 1. The molecule has 1 atom stereocenters. The Kier molecular flexibility index (Phi) is 4.07. The number of hydrogen-bond acceptors (Lipinski definition) is 3. The highest BCUT2D eigenvalue weighted by atomic mass is 16.3. The Hall–Kier alpha value is -1.74. The van der Waals surface area contributed by atoms with Crippen molar-refractivity contribution < 1.29 is 4.42 Å². The number of nitrogens with one attached hydrogen (secondary N) is 1. The van der Waals surface area contributed by atoms with E-state index in [-0.39, 0.29) is 6.04 Å². The summed E-state index contributed by atoms with van der Waals surface area (Å²) in [6, 6.07) is 11.0.